The van der Waals surface area contributed by atoms with Crippen LogP contribution in [0.1, 0.15) is 26.7 Å². The zero-order valence-electron chi connectivity index (χ0n) is 11.2. The fourth-order valence-corrected chi connectivity index (χ4v) is 2.98. The molecule has 0 bridgehead atoms. The highest BCUT2D eigenvalue weighted by Gasteiger charge is 2.51. The number of nitrogens with zero attached hydrogens (tertiary/aromatic N) is 1. The van der Waals surface area contributed by atoms with E-state index in [1.807, 2.05) is 13.8 Å². The average Bonchev–Trinajstić information content (AvgIpc) is 2.38. The summed E-state index contributed by atoms with van der Waals surface area (Å²) in [6, 6.07) is 2.03. The van der Waals surface area contributed by atoms with Crippen molar-refractivity contribution in [3.8, 4) is 5.75 Å². The Bertz CT molecular complexity index is 555. The standard InChI is InChI=1S/C13H16BrFN2O3/c1-3-13(2)10(16)6-11(13)20-12-8(14)4-7(15)5-9(12)17(18)19/h4-5,10-11H,3,6,16H2,1-2H3. The van der Waals surface area contributed by atoms with E-state index in [2.05, 4.69) is 15.9 Å². The Labute approximate surface area is 124 Å². The van der Waals surface area contributed by atoms with E-state index in [0.29, 0.717) is 6.42 Å². The van der Waals surface area contributed by atoms with Gasteiger partial charge in [-0.05, 0) is 28.4 Å². The topological polar surface area (TPSA) is 78.4 Å². The van der Waals surface area contributed by atoms with Crippen LogP contribution in [0.2, 0.25) is 0 Å². The monoisotopic (exact) mass is 346 g/mol. The van der Waals surface area contributed by atoms with Gasteiger partial charge in [0.25, 0.3) is 0 Å². The molecule has 1 fully saturated rings. The van der Waals surface area contributed by atoms with Gasteiger partial charge in [0.2, 0.25) is 5.75 Å². The molecule has 0 spiro atoms. The molecule has 1 aromatic rings. The molecule has 0 radical (unpaired) electrons. The minimum Gasteiger partial charge on any atom is -0.482 e. The number of hydrogen-bond donors (Lipinski definition) is 1. The second kappa shape index (κ2) is 5.29. The third-order valence-corrected chi connectivity index (χ3v) is 4.85. The van der Waals surface area contributed by atoms with Crippen molar-refractivity contribution in [1.82, 2.24) is 0 Å². The normalized spacial score (nSPS) is 28.9. The number of nitrogens with two attached hydrogens (primary N) is 1. The summed E-state index contributed by atoms with van der Waals surface area (Å²) in [5.41, 5.74) is 5.39. The van der Waals surface area contributed by atoms with Crippen LogP contribution in [-0.4, -0.2) is 17.1 Å². The van der Waals surface area contributed by atoms with Gasteiger partial charge in [-0.1, -0.05) is 13.8 Å². The number of nitro groups is 1. The van der Waals surface area contributed by atoms with Crippen LogP contribution in [0.15, 0.2) is 16.6 Å². The van der Waals surface area contributed by atoms with Crippen molar-refractivity contribution in [1.29, 1.82) is 0 Å². The number of rotatable bonds is 4. The Morgan fingerprint density at radius 3 is 2.80 bits per heavy atom. The van der Waals surface area contributed by atoms with Gasteiger partial charge in [-0.2, -0.15) is 0 Å². The summed E-state index contributed by atoms with van der Waals surface area (Å²) < 4.78 is 19.3. The quantitative estimate of drug-likeness (QED) is 0.669. The van der Waals surface area contributed by atoms with Crippen LogP contribution in [0.5, 0.6) is 5.75 Å². The van der Waals surface area contributed by atoms with Crippen molar-refractivity contribution in [2.24, 2.45) is 11.1 Å². The molecule has 0 saturated heterocycles. The zero-order chi connectivity index (χ0) is 15.1. The largest absolute Gasteiger partial charge is 0.482 e. The van der Waals surface area contributed by atoms with Gasteiger partial charge in [0.1, 0.15) is 11.9 Å². The molecule has 20 heavy (non-hydrogen) atoms. The Kier molecular flexibility index (Phi) is 4.02. The van der Waals surface area contributed by atoms with E-state index in [4.69, 9.17) is 10.5 Å². The summed E-state index contributed by atoms with van der Waals surface area (Å²) >= 11 is 3.12. The fourth-order valence-electron chi connectivity index (χ4n) is 2.46. The second-order valence-corrected chi connectivity index (χ2v) is 6.16. The van der Waals surface area contributed by atoms with Gasteiger partial charge < -0.3 is 10.5 Å². The first-order valence-corrected chi connectivity index (χ1v) is 7.14. The SMILES string of the molecule is CCC1(C)C(N)CC1Oc1c(Br)cc(F)cc1[N+](=O)[O-]. The molecule has 3 unspecified atom stereocenters. The summed E-state index contributed by atoms with van der Waals surface area (Å²) in [5.74, 6) is -0.618. The van der Waals surface area contributed by atoms with Gasteiger partial charge in [-0.3, -0.25) is 10.1 Å². The molecule has 7 heteroatoms. The van der Waals surface area contributed by atoms with Crippen LogP contribution < -0.4 is 10.5 Å². The summed E-state index contributed by atoms with van der Waals surface area (Å²) in [7, 11) is 0. The highest BCUT2D eigenvalue weighted by Crippen LogP contribution is 2.47. The molecule has 1 aliphatic rings. The lowest BCUT2D eigenvalue weighted by atomic mass is 9.62. The Morgan fingerprint density at radius 1 is 1.65 bits per heavy atom. The number of nitro benzene ring substituents is 1. The molecule has 0 amide bonds. The minimum absolute atomic E-state index is 0.00998. The zero-order valence-corrected chi connectivity index (χ0v) is 12.8. The van der Waals surface area contributed by atoms with Crippen molar-refractivity contribution >= 4 is 21.6 Å². The van der Waals surface area contributed by atoms with Gasteiger partial charge >= 0.3 is 5.69 Å². The van der Waals surface area contributed by atoms with Crippen molar-refractivity contribution < 1.29 is 14.1 Å². The highest BCUT2D eigenvalue weighted by atomic mass is 79.9. The maximum absolute atomic E-state index is 13.3. The van der Waals surface area contributed by atoms with Crippen LogP contribution in [0, 0.1) is 21.3 Å². The van der Waals surface area contributed by atoms with E-state index in [0.717, 1.165) is 18.6 Å². The Balaban J connectivity index is 2.33. The van der Waals surface area contributed by atoms with E-state index in [1.54, 1.807) is 0 Å². The minimum atomic E-state index is -0.681. The van der Waals surface area contributed by atoms with Gasteiger partial charge in [-0.25, -0.2) is 4.39 Å². The highest BCUT2D eigenvalue weighted by molar-refractivity contribution is 9.10. The molecule has 0 aromatic heterocycles. The van der Waals surface area contributed by atoms with Crippen LogP contribution in [0.25, 0.3) is 0 Å². The van der Waals surface area contributed by atoms with E-state index in [9.17, 15) is 14.5 Å². The second-order valence-electron chi connectivity index (χ2n) is 5.30. The van der Waals surface area contributed by atoms with Gasteiger partial charge in [0.15, 0.2) is 0 Å². The molecule has 1 aromatic carbocycles. The first-order chi connectivity index (χ1) is 9.29. The maximum atomic E-state index is 13.3. The van der Waals surface area contributed by atoms with E-state index in [1.165, 1.54) is 0 Å². The molecule has 1 saturated carbocycles. The van der Waals surface area contributed by atoms with E-state index < -0.39 is 10.7 Å². The first-order valence-electron chi connectivity index (χ1n) is 6.35. The van der Waals surface area contributed by atoms with Gasteiger partial charge in [-0.15, -0.1) is 0 Å². The molecule has 5 nitrogen and oxygen atoms in total. The lowest BCUT2D eigenvalue weighted by Gasteiger charge is -2.51. The smallest absolute Gasteiger partial charge is 0.315 e. The van der Waals surface area contributed by atoms with Crippen molar-refractivity contribution in [2.45, 2.75) is 38.8 Å². The number of halogens is 2. The molecule has 2 N–H and O–H groups in total. The van der Waals surface area contributed by atoms with E-state index in [-0.39, 0.29) is 33.5 Å². The van der Waals surface area contributed by atoms with Crippen molar-refractivity contribution in [3.63, 3.8) is 0 Å². The predicted octanol–water partition coefficient (Wildman–Crippen LogP) is 3.39. The first kappa shape index (κ1) is 15.2. The van der Waals surface area contributed by atoms with Crippen LogP contribution in [-0.2, 0) is 0 Å². The van der Waals surface area contributed by atoms with Gasteiger partial charge in [0, 0.05) is 17.9 Å². The molecule has 2 rings (SSSR count). The van der Waals surface area contributed by atoms with Crippen LogP contribution in [0.3, 0.4) is 0 Å². The number of ether oxygens (including phenoxy) is 1. The summed E-state index contributed by atoms with van der Waals surface area (Å²) in [6.07, 6.45) is 1.24. The molecule has 1 aliphatic carbocycles. The average molecular weight is 347 g/mol. The molecular weight excluding hydrogens is 331 g/mol. The molecule has 110 valence electrons. The Morgan fingerprint density at radius 2 is 2.30 bits per heavy atom. The molecular formula is C13H16BrFN2O3. The molecule has 3 atom stereocenters. The van der Waals surface area contributed by atoms with Crippen LogP contribution in [0.4, 0.5) is 10.1 Å². The van der Waals surface area contributed by atoms with Crippen LogP contribution >= 0.6 is 15.9 Å². The summed E-state index contributed by atoms with van der Waals surface area (Å²) in [6.45, 7) is 4.00. The summed E-state index contributed by atoms with van der Waals surface area (Å²) in [4.78, 5) is 10.4. The lowest BCUT2D eigenvalue weighted by molar-refractivity contribution is -0.386. The van der Waals surface area contributed by atoms with E-state index >= 15 is 0 Å². The number of hydrogen-bond acceptors (Lipinski definition) is 4. The fraction of sp³-hybridized carbons (Fsp3) is 0.538. The third kappa shape index (κ3) is 2.40. The number of benzene rings is 1. The van der Waals surface area contributed by atoms with Gasteiger partial charge in [0.05, 0.1) is 15.5 Å². The molecule has 0 heterocycles. The maximum Gasteiger partial charge on any atom is 0.315 e. The molecule has 0 aliphatic heterocycles. The Hall–Kier alpha value is -1.21. The summed E-state index contributed by atoms with van der Waals surface area (Å²) in [5, 5.41) is 11.0. The predicted molar refractivity (Wildman–Crippen MR) is 76.2 cm³/mol. The third-order valence-electron chi connectivity index (χ3n) is 4.26. The van der Waals surface area contributed by atoms with Crippen molar-refractivity contribution in [3.05, 3.63) is 32.5 Å². The van der Waals surface area contributed by atoms with Crippen molar-refractivity contribution in [2.75, 3.05) is 0 Å². The lowest BCUT2D eigenvalue weighted by Crippen LogP contribution is -2.61.